The van der Waals surface area contributed by atoms with Gasteiger partial charge in [0, 0.05) is 14.1 Å². The Labute approximate surface area is 90.3 Å². The summed E-state index contributed by atoms with van der Waals surface area (Å²) in [5.74, 6) is 0.118. The maximum absolute atomic E-state index is 11.9. The molecule has 0 saturated carbocycles. The van der Waals surface area contributed by atoms with Crippen molar-refractivity contribution in [3.05, 3.63) is 29.3 Å². The van der Waals surface area contributed by atoms with Gasteiger partial charge in [-0.2, -0.15) is 0 Å². The standard InChI is InChI=1S/C12H17NO2/c1-8(2)9-6-5-7-10(14)11(9)12(15)13(3)4/h5-8,14H,1-4H3. The number of carbonyl (C=O) groups excluding carboxylic acids is 1. The Kier molecular flexibility index (Phi) is 3.35. The first kappa shape index (κ1) is 11.6. The highest BCUT2D eigenvalue weighted by atomic mass is 16.3. The van der Waals surface area contributed by atoms with E-state index in [1.807, 2.05) is 19.9 Å². The molecular weight excluding hydrogens is 190 g/mol. The Bertz CT molecular complexity index is 370. The Morgan fingerprint density at radius 2 is 1.93 bits per heavy atom. The van der Waals surface area contributed by atoms with Crippen LogP contribution in [0.4, 0.5) is 0 Å². The third-order valence-corrected chi connectivity index (χ3v) is 2.32. The van der Waals surface area contributed by atoms with E-state index in [-0.39, 0.29) is 17.6 Å². The highest BCUT2D eigenvalue weighted by Gasteiger charge is 2.19. The average molecular weight is 207 g/mol. The largest absolute Gasteiger partial charge is 0.507 e. The molecule has 0 radical (unpaired) electrons. The van der Waals surface area contributed by atoms with Crippen molar-refractivity contribution in [3.63, 3.8) is 0 Å². The summed E-state index contributed by atoms with van der Waals surface area (Å²) in [4.78, 5) is 13.3. The van der Waals surface area contributed by atoms with Crippen LogP contribution in [0.1, 0.15) is 35.7 Å². The van der Waals surface area contributed by atoms with E-state index in [2.05, 4.69) is 0 Å². The molecule has 0 bridgehead atoms. The predicted molar refractivity (Wildman–Crippen MR) is 60.2 cm³/mol. The van der Waals surface area contributed by atoms with Crippen molar-refractivity contribution in [2.75, 3.05) is 14.1 Å². The van der Waals surface area contributed by atoms with Crippen LogP contribution in [0.3, 0.4) is 0 Å². The van der Waals surface area contributed by atoms with Gasteiger partial charge in [-0.1, -0.05) is 26.0 Å². The van der Waals surface area contributed by atoms with Crippen molar-refractivity contribution in [1.29, 1.82) is 0 Å². The third-order valence-electron chi connectivity index (χ3n) is 2.32. The minimum atomic E-state index is -0.156. The van der Waals surface area contributed by atoms with Crippen LogP contribution < -0.4 is 0 Å². The van der Waals surface area contributed by atoms with Gasteiger partial charge in [0.1, 0.15) is 5.75 Å². The SMILES string of the molecule is CC(C)c1cccc(O)c1C(=O)N(C)C. The van der Waals surface area contributed by atoms with E-state index >= 15 is 0 Å². The fraction of sp³-hybridized carbons (Fsp3) is 0.417. The van der Waals surface area contributed by atoms with Crippen LogP contribution >= 0.6 is 0 Å². The molecule has 0 atom stereocenters. The molecule has 0 heterocycles. The monoisotopic (exact) mass is 207 g/mol. The maximum atomic E-state index is 11.9. The Morgan fingerprint density at radius 1 is 1.33 bits per heavy atom. The zero-order valence-electron chi connectivity index (χ0n) is 9.61. The quantitative estimate of drug-likeness (QED) is 0.807. The fourth-order valence-corrected chi connectivity index (χ4v) is 1.50. The van der Waals surface area contributed by atoms with E-state index in [4.69, 9.17) is 0 Å². The van der Waals surface area contributed by atoms with Crippen LogP contribution in [0, 0.1) is 0 Å². The fourth-order valence-electron chi connectivity index (χ4n) is 1.50. The summed E-state index contributed by atoms with van der Waals surface area (Å²) in [5.41, 5.74) is 1.30. The highest BCUT2D eigenvalue weighted by Crippen LogP contribution is 2.27. The molecule has 0 aliphatic heterocycles. The summed E-state index contributed by atoms with van der Waals surface area (Å²) in [6, 6.07) is 5.18. The summed E-state index contributed by atoms with van der Waals surface area (Å²) in [5, 5.41) is 9.71. The number of nitrogens with zero attached hydrogens (tertiary/aromatic N) is 1. The number of amides is 1. The van der Waals surface area contributed by atoms with Crippen LogP contribution in [0.5, 0.6) is 5.75 Å². The molecule has 0 saturated heterocycles. The molecule has 1 N–H and O–H groups in total. The highest BCUT2D eigenvalue weighted by molar-refractivity contribution is 5.98. The molecule has 1 aromatic carbocycles. The normalized spacial score (nSPS) is 10.5. The van der Waals surface area contributed by atoms with Gasteiger partial charge in [-0.15, -0.1) is 0 Å². The maximum Gasteiger partial charge on any atom is 0.257 e. The molecule has 0 spiro atoms. The van der Waals surface area contributed by atoms with Gasteiger partial charge in [0.2, 0.25) is 0 Å². The molecule has 82 valence electrons. The molecule has 0 unspecified atom stereocenters. The van der Waals surface area contributed by atoms with Crippen LogP contribution in [-0.4, -0.2) is 30.0 Å². The molecule has 3 nitrogen and oxygen atoms in total. The van der Waals surface area contributed by atoms with Crippen LogP contribution in [-0.2, 0) is 0 Å². The lowest BCUT2D eigenvalue weighted by Gasteiger charge is -2.17. The number of hydrogen-bond donors (Lipinski definition) is 1. The second-order valence-corrected chi connectivity index (χ2v) is 4.10. The number of phenolic OH excluding ortho intramolecular Hbond substituents is 1. The van der Waals surface area contributed by atoms with Crippen LogP contribution in [0.2, 0.25) is 0 Å². The molecule has 1 aromatic rings. The molecule has 0 fully saturated rings. The smallest absolute Gasteiger partial charge is 0.257 e. The van der Waals surface area contributed by atoms with Gasteiger partial charge >= 0.3 is 0 Å². The van der Waals surface area contributed by atoms with Gasteiger partial charge in [0.05, 0.1) is 5.56 Å². The summed E-state index contributed by atoms with van der Waals surface area (Å²) in [6.07, 6.45) is 0. The van der Waals surface area contributed by atoms with Crippen molar-refractivity contribution in [3.8, 4) is 5.75 Å². The molecule has 0 aliphatic carbocycles. The summed E-state index contributed by atoms with van der Waals surface area (Å²) < 4.78 is 0. The molecular formula is C12H17NO2. The Morgan fingerprint density at radius 3 is 2.40 bits per heavy atom. The summed E-state index contributed by atoms with van der Waals surface area (Å²) >= 11 is 0. The molecule has 3 heteroatoms. The van der Waals surface area contributed by atoms with E-state index in [9.17, 15) is 9.90 Å². The number of aromatic hydroxyl groups is 1. The van der Waals surface area contributed by atoms with Crippen molar-refractivity contribution in [2.45, 2.75) is 19.8 Å². The average Bonchev–Trinajstić information content (AvgIpc) is 2.16. The van der Waals surface area contributed by atoms with Gasteiger partial charge < -0.3 is 10.0 Å². The van der Waals surface area contributed by atoms with E-state index in [1.165, 1.54) is 4.90 Å². The Balaban J connectivity index is 3.31. The van der Waals surface area contributed by atoms with Crippen molar-refractivity contribution in [2.24, 2.45) is 0 Å². The predicted octanol–water partition coefficient (Wildman–Crippen LogP) is 2.22. The third kappa shape index (κ3) is 2.29. The minimum absolute atomic E-state index is 0.0555. The number of benzene rings is 1. The molecule has 0 aliphatic rings. The molecule has 1 rings (SSSR count). The van der Waals surface area contributed by atoms with Gasteiger partial charge in [0.25, 0.3) is 5.91 Å². The minimum Gasteiger partial charge on any atom is -0.507 e. The topological polar surface area (TPSA) is 40.5 Å². The molecule has 1 amide bonds. The lowest BCUT2D eigenvalue weighted by atomic mass is 9.96. The second-order valence-electron chi connectivity index (χ2n) is 4.10. The van der Waals surface area contributed by atoms with Gasteiger partial charge in [-0.05, 0) is 17.5 Å². The number of phenols is 1. The van der Waals surface area contributed by atoms with Gasteiger partial charge in [0.15, 0.2) is 0 Å². The lowest BCUT2D eigenvalue weighted by molar-refractivity contribution is 0.0823. The second kappa shape index (κ2) is 4.34. The lowest BCUT2D eigenvalue weighted by Crippen LogP contribution is -2.23. The zero-order chi connectivity index (χ0) is 11.6. The van der Waals surface area contributed by atoms with Crippen LogP contribution in [0.25, 0.3) is 0 Å². The van der Waals surface area contributed by atoms with E-state index in [0.29, 0.717) is 5.56 Å². The van der Waals surface area contributed by atoms with Gasteiger partial charge in [-0.25, -0.2) is 0 Å². The summed E-state index contributed by atoms with van der Waals surface area (Å²) in [6.45, 7) is 4.00. The number of hydrogen-bond acceptors (Lipinski definition) is 2. The summed E-state index contributed by atoms with van der Waals surface area (Å²) in [7, 11) is 3.36. The van der Waals surface area contributed by atoms with Crippen LogP contribution in [0.15, 0.2) is 18.2 Å². The van der Waals surface area contributed by atoms with E-state index in [0.717, 1.165) is 5.56 Å². The van der Waals surface area contributed by atoms with Gasteiger partial charge in [-0.3, -0.25) is 4.79 Å². The molecule has 15 heavy (non-hydrogen) atoms. The van der Waals surface area contributed by atoms with Crippen molar-refractivity contribution < 1.29 is 9.90 Å². The van der Waals surface area contributed by atoms with Crippen molar-refractivity contribution in [1.82, 2.24) is 4.90 Å². The first-order valence-corrected chi connectivity index (χ1v) is 4.98. The zero-order valence-corrected chi connectivity index (χ0v) is 9.61. The van der Waals surface area contributed by atoms with E-state index < -0.39 is 0 Å². The first-order chi connectivity index (χ1) is 6.95. The molecule has 0 aromatic heterocycles. The van der Waals surface area contributed by atoms with E-state index in [1.54, 1.807) is 26.2 Å². The van der Waals surface area contributed by atoms with Crippen molar-refractivity contribution >= 4 is 5.91 Å². The number of rotatable bonds is 2. The Hall–Kier alpha value is -1.51. The number of carbonyl (C=O) groups is 1. The first-order valence-electron chi connectivity index (χ1n) is 4.98.